The first-order valence-electron chi connectivity index (χ1n) is 9.48. The molecular weight excluding hydrogens is 435 g/mol. The maximum atomic E-state index is 12.3. The summed E-state index contributed by atoms with van der Waals surface area (Å²) in [5.74, 6) is -0.942. The molecule has 11 heteroatoms. The Balaban J connectivity index is 1.43. The van der Waals surface area contributed by atoms with Crippen LogP contribution in [0.2, 0.25) is 0 Å². The molecule has 2 aromatic rings. The summed E-state index contributed by atoms with van der Waals surface area (Å²) in [6.07, 6.45) is -4.70. The lowest BCUT2D eigenvalue weighted by atomic mass is 10.2. The van der Waals surface area contributed by atoms with Crippen molar-refractivity contribution < 1.29 is 32.2 Å². The van der Waals surface area contributed by atoms with Crippen LogP contribution in [0.3, 0.4) is 0 Å². The van der Waals surface area contributed by atoms with Gasteiger partial charge in [0.15, 0.2) is 0 Å². The Morgan fingerprint density at radius 2 is 1.71 bits per heavy atom. The van der Waals surface area contributed by atoms with Gasteiger partial charge in [0.2, 0.25) is 5.91 Å². The van der Waals surface area contributed by atoms with Crippen molar-refractivity contribution in [2.24, 2.45) is 0 Å². The standard InChI is InChI=1S/C20H22F3N3O4S/c1-29-19(28)18-16(6-11-31-18)24-17(27)13-26-9-7-25(8-10-26)12-14-2-4-15(5-3-14)30-20(21,22)23/h2-6,11H,7-10,12-13H2,1H3,(H,24,27). The Morgan fingerprint density at radius 3 is 2.32 bits per heavy atom. The average molecular weight is 457 g/mol. The van der Waals surface area contributed by atoms with Gasteiger partial charge in [-0.15, -0.1) is 24.5 Å². The third-order valence-electron chi connectivity index (χ3n) is 4.71. The summed E-state index contributed by atoms with van der Waals surface area (Å²) >= 11 is 1.20. The second-order valence-electron chi connectivity index (χ2n) is 6.95. The molecule has 0 bridgehead atoms. The lowest BCUT2D eigenvalue weighted by Crippen LogP contribution is -2.48. The predicted octanol–water partition coefficient (Wildman–Crippen LogP) is 3.19. The molecule has 0 spiro atoms. The van der Waals surface area contributed by atoms with Gasteiger partial charge in [-0.3, -0.25) is 14.6 Å². The summed E-state index contributed by atoms with van der Waals surface area (Å²) in [5, 5.41) is 4.46. The molecule has 1 fully saturated rings. The van der Waals surface area contributed by atoms with Crippen molar-refractivity contribution in [3.8, 4) is 5.75 Å². The van der Waals surface area contributed by atoms with Gasteiger partial charge in [0.25, 0.3) is 0 Å². The van der Waals surface area contributed by atoms with E-state index in [2.05, 4.69) is 15.0 Å². The monoisotopic (exact) mass is 457 g/mol. The van der Waals surface area contributed by atoms with Crippen molar-refractivity contribution in [3.05, 3.63) is 46.2 Å². The molecule has 0 saturated carbocycles. The number of hydrogen-bond donors (Lipinski definition) is 1. The normalized spacial score (nSPS) is 15.5. The number of methoxy groups -OCH3 is 1. The molecule has 0 atom stereocenters. The number of carbonyl (C=O) groups excluding carboxylic acids is 2. The van der Waals surface area contributed by atoms with Crippen LogP contribution in [0.5, 0.6) is 5.75 Å². The molecule has 0 radical (unpaired) electrons. The van der Waals surface area contributed by atoms with Crippen molar-refractivity contribution >= 4 is 28.9 Å². The largest absolute Gasteiger partial charge is 0.573 e. The summed E-state index contributed by atoms with van der Waals surface area (Å²) in [5.41, 5.74) is 1.33. The maximum Gasteiger partial charge on any atom is 0.573 e. The second kappa shape index (κ2) is 10.1. The second-order valence-corrected chi connectivity index (χ2v) is 7.86. The van der Waals surface area contributed by atoms with Crippen molar-refractivity contribution in [1.29, 1.82) is 0 Å². The fourth-order valence-corrected chi connectivity index (χ4v) is 3.98. The average Bonchev–Trinajstić information content (AvgIpc) is 3.17. The van der Waals surface area contributed by atoms with E-state index < -0.39 is 12.3 Å². The minimum absolute atomic E-state index is 0.202. The molecule has 3 rings (SSSR count). The number of rotatable bonds is 7. The summed E-state index contributed by atoms with van der Waals surface area (Å²) in [6, 6.07) is 7.49. The molecular formula is C20H22F3N3O4S. The summed E-state index contributed by atoms with van der Waals surface area (Å²) in [7, 11) is 1.29. The number of nitrogens with one attached hydrogen (secondary N) is 1. The molecule has 2 heterocycles. The van der Waals surface area contributed by atoms with E-state index >= 15 is 0 Å². The molecule has 0 unspecified atom stereocenters. The number of benzene rings is 1. The van der Waals surface area contributed by atoms with Crippen LogP contribution in [0.25, 0.3) is 0 Å². The van der Waals surface area contributed by atoms with Crippen LogP contribution < -0.4 is 10.1 Å². The minimum atomic E-state index is -4.70. The van der Waals surface area contributed by atoms with Gasteiger partial charge in [-0.25, -0.2) is 4.79 Å². The molecule has 1 aliphatic rings. The molecule has 31 heavy (non-hydrogen) atoms. The molecule has 1 N–H and O–H groups in total. The van der Waals surface area contributed by atoms with E-state index in [0.717, 1.165) is 18.7 Å². The van der Waals surface area contributed by atoms with Gasteiger partial charge < -0.3 is 14.8 Å². The topological polar surface area (TPSA) is 71.1 Å². The van der Waals surface area contributed by atoms with E-state index in [1.807, 2.05) is 4.90 Å². The first-order chi connectivity index (χ1) is 14.7. The smallest absolute Gasteiger partial charge is 0.465 e. The highest BCUT2D eigenvalue weighted by atomic mass is 32.1. The first-order valence-corrected chi connectivity index (χ1v) is 10.4. The van der Waals surface area contributed by atoms with E-state index in [1.165, 1.54) is 30.6 Å². The molecule has 168 valence electrons. The molecule has 1 aliphatic heterocycles. The van der Waals surface area contributed by atoms with Gasteiger partial charge in [-0.05, 0) is 29.1 Å². The fourth-order valence-electron chi connectivity index (χ4n) is 3.21. The summed E-state index contributed by atoms with van der Waals surface area (Å²) in [6.45, 7) is 3.60. The van der Waals surface area contributed by atoms with Crippen molar-refractivity contribution in [2.45, 2.75) is 12.9 Å². The number of nitrogens with zero attached hydrogens (tertiary/aromatic N) is 2. The van der Waals surface area contributed by atoms with Crippen molar-refractivity contribution in [2.75, 3.05) is 45.2 Å². The van der Waals surface area contributed by atoms with Gasteiger partial charge in [0.05, 0.1) is 19.3 Å². The van der Waals surface area contributed by atoms with E-state index in [4.69, 9.17) is 4.74 Å². The van der Waals surface area contributed by atoms with Crippen LogP contribution in [0.1, 0.15) is 15.2 Å². The third kappa shape index (κ3) is 6.94. The van der Waals surface area contributed by atoms with Crippen LogP contribution in [-0.2, 0) is 16.1 Å². The Bertz CT molecular complexity index is 894. The Labute approximate surface area is 181 Å². The number of hydrogen-bond acceptors (Lipinski definition) is 7. The van der Waals surface area contributed by atoms with Gasteiger partial charge in [0.1, 0.15) is 10.6 Å². The van der Waals surface area contributed by atoms with Crippen molar-refractivity contribution in [3.63, 3.8) is 0 Å². The lowest BCUT2D eigenvalue weighted by Gasteiger charge is -2.34. The molecule has 1 aromatic carbocycles. The van der Waals surface area contributed by atoms with Gasteiger partial charge >= 0.3 is 12.3 Å². The number of alkyl halides is 3. The molecule has 1 aromatic heterocycles. The predicted molar refractivity (Wildman–Crippen MR) is 109 cm³/mol. The number of thiophene rings is 1. The zero-order chi connectivity index (χ0) is 22.4. The highest BCUT2D eigenvalue weighted by Crippen LogP contribution is 2.24. The zero-order valence-corrected chi connectivity index (χ0v) is 17.6. The molecule has 1 saturated heterocycles. The number of carbonyl (C=O) groups is 2. The number of halogens is 3. The number of esters is 1. The number of anilines is 1. The van der Waals surface area contributed by atoms with Crippen LogP contribution in [-0.4, -0.2) is 67.9 Å². The molecule has 7 nitrogen and oxygen atoms in total. The quantitative estimate of drug-likeness (QED) is 0.644. The SMILES string of the molecule is COC(=O)c1sccc1NC(=O)CN1CCN(Cc2ccc(OC(F)(F)F)cc2)CC1. The summed E-state index contributed by atoms with van der Waals surface area (Å²) in [4.78, 5) is 28.6. The zero-order valence-electron chi connectivity index (χ0n) is 16.8. The number of ether oxygens (including phenoxy) is 2. The lowest BCUT2D eigenvalue weighted by molar-refractivity contribution is -0.274. The van der Waals surface area contributed by atoms with Gasteiger partial charge in [-0.2, -0.15) is 0 Å². The van der Waals surface area contributed by atoms with Crippen LogP contribution in [0.4, 0.5) is 18.9 Å². The third-order valence-corrected chi connectivity index (χ3v) is 5.60. The van der Waals surface area contributed by atoms with E-state index in [-0.39, 0.29) is 18.2 Å². The van der Waals surface area contributed by atoms with E-state index in [1.54, 1.807) is 23.6 Å². The van der Waals surface area contributed by atoms with Gasteiger partial charge in [-0.1, -0.05) is 12.1 Å². The Morgan fingerprint density at radius 1 is 1.06 bits per heavy atom. The number of piperazine rings is 1. The fraction of sp³-hybridized carbons (Fsp3) is 0.400. The highest BCUT2D eigenvalue weighted by Gasteiger charge is 2.31. The summed E-state index contributed by atoms with van der Waals surface area (Å²) < 4.78 is 45.3. The Hall–Kier alpha value is -2.63. The molecule has 1 amide bonds. The first kappa shape index (κ1) is 23.0. The van der Waals surface area contributed by atoms with Crippen LogP contribution in [0.15, 0.2) is 35.7 Å². The maximum absolute atomic E-state index is 12.3. The van der Waals surface area contributed by atoms with Crippen LogP contribution in [0, 0.1) is 0 Å². The highest BCUT2D eigenvalue weighted by molar-refractivity contribution is 7.12. The van der Waals surface area contributed by atoms with Gasteiger partial charge in [0, 0.05) is 32.7 Å². The van der Waals surface area contributed by atoms with E-state index in [0.29, 0.717) is 30.2 Å². The molecule has 0 aliphatic carbocycles. The van der Waals surface area contributed by atoms with E-state index in [9.17, 15) is 22.8 Å². The minimum Gasteiger partial charge on any atom is -0.465 e. The Kier molecular flexibility index (Phi) is 7.52. The van der Waals surface area contributed by atoms with Crippen molar-refractivity contribution in [1.82, 2.24) is 9.80 Å². The van der Waals surface area contributed by atoms with Crippen LogP contribution >= 0.6 is 11.3 Å². The number of amides is 1.